The number of anilines is 1. The second kappa shape index (κ2) is 10.9. The van der Waals surface area contributed by atoms with Crippen LogP contribution in [0.3, 0.4) is 0 Å². The van der Waals surface area contributed by atoms with Crippen molar-refractivity contribution in [1.29, 1.82) is 0 Å². The molecule has 1 saturated carbocycles. The molecule has 0 bridgehead atoms. The van der Waals surface area contributed by atoms with Gasteiger partial charge in [0.2, 0.25) is 0 Å². The van der Waals surface area contributed by atoms with Crippen LogP contribution in [0, 0.1) is 0 Å². The maximum Gasteiger partial charge on any atom is 0.430 e. The summed E-state index contributed by atoms with van der Waals surface area (Å²) in [4.78, 5) is 43.8. The van der Waals surface area contributed by atoms with Crippen LogP contribution in [0.5, 0.6) is 17.2 Å². The molecule has 5 aromatic rings. The second-order valence-electron chi connectivity index (χ2n) is 9.41. The van der Waals surface area contributed by atoms with Crippen LogP contribution >= 0.6 is 0 Å². The minimum Gasteiger partial charge on any atom is -0.504 e. The number of aromatic hydroxyl groups is 1. The molecule has 0 atom stereocenters. The minimum atomic E-state index is -1.12. The number of nitrogens with zero attached hydrogens (tertiary/aromatic N) is 3. The summed E-state index contributed by atoms with van der Waals surface area (Å²) in [5, 5.41) is 15.0. The SMILES string of the molecule is O=C(Oc1ccccc1)N(C(=O)Oc1ccccc1)c1nccc(-c2ccc3c(ccn3C(=O)NC3CC3)c2)c1O. The molecule has 1 fully saturated rings. The lowest BCUT2D eigenvalue weighted by Crippen LogP contribution is -2.41. The molecule has 0 radical (unpaired) electrons. The standard InChI is InChI=1S/C31H24N4O6/c36-27-25(20-11-14-26-21(19-20)16-18-34(26)29(37)33-22-12-13-22)15-17-32-28(27)35(30(38)40-23-7-3-1-4-8-23)31(39)41-24-9-5-2-6-10-24/h1-11,14-19,22,36H,12-13H2,(H,33,37). The summed E-state index contributed by atoms with van der Waals surface area (Å²) < 4.78 is 12.3. The molecule has 1 aliphatic rings. The van der Waals surface area contributed by atoms with Gasteiger partial charge in [-0.1, -0.05) is 42.5 Å². The molecule has 2 N–H and O–H groups in total. The maximum absolute atomic E-state index is 13.3. The second-order valence-corrected chi connectivity index (χ2v) is 9.41. The van der Waals surface area contributed by atoms with Gasteiger partial charge in [0.05, 0.1) is 5.52 Å². The van der Waals surface area contributed by atoms with Gasteiger partial charge in [-0.3, -0.25) is 4.57 Å². The first-order chi connectivity index (χ1) is 20.0. The van der Waals surface area contributed by atoms with Crippen molar-refractivity contribution in [3.05, 3.63) is 103 Å². The van der Waals surface area contributed by atoms with E-state index in [2.05, 4.69) is 10.3 Å². The van der Waals surface area contributed by atoms with Crippen molar-refractivity contribution in [2.24, 2.45) is 0 Å². The zero-order valence-corrected chi connectivity index (χ0v) is 21.6. The van der Waals surface area contributed by atoms with Crippen molar-refractivity contribution < 1.29 is 29.0 Å². The average molecular weight is 549 g/mol. The van der Waals surface area contributed by atoms with Gasteiger partial charge in [-0.2, -0.15) is 4.90 Å². The van der Waals surface area contributed by atoms with Gasteiger partial charge < -0.3 is 19.9 Å². The molecule has 0 saturated heterocycles. The quantitative estimate of drug-likeness (QED) is 0.263. The van der Waals surface area contributed by atoms with Gasteiger partial charge in [-0.25, -0.2) is 19.4 Å². The van der Waals surface area contributed by atoms with E-state index in [1.54, 1.807) is 97.2 Å². The first kappa shape index (κ1) is 25.6. The number of imide groups is 1. The highest BCUT2D eigenvalue weighted by Gasteiger charge is 2.33. The number of aromatic nitrogens is 2. The van der Waals surface area contributed by atoms with Gasteiger partial charge in [0, 0.05) is 29.4 Å². The highest BCUT2D eigenvalue weighted by Crippen LogP contribution is 2.38. The predicted molar refractivity (Wildman–Crippen MR) is 151 cm³/mol. The molecular formula is C31H24N4O6. The lowest BCUT2D eigenvalue weighted by atomic mass is 10.0. The molecule has 2 aromatic heterocycles. The number of benzene rings is 3. The van der Waals surface area contributed by atoms with E-state index in [4.69, 9.17) is 9.47 Å². The number of ether oxygens (including phenoxy) is 2. The van der Waals surface area contributed by atoms with Gasteiger partial charge in [-0.05, 0) is 66.9 Å². The van der Waals surface area contributed by atoms with E-state index < -0.39 is 17.9 Å². The highest BCUT2D eigenvalue weighted by molar-refractivity contribution is 6.11. The molecule has 1 aliphatic carbocycles. The zero-order chi connectivity index (χ0) is 28.3. The Hall–Kier alpha value is -5.64. The number of para-hydroxylation sites is 2. The summed E-state index contributed by atoms with van der Waals surface area (Å²) in [6.45, 7) is 0. The van der Waals surface area contributed by atoms with E-state index >= 15 is 0 Å². The molecule has 10 nitrogen and oxygen atoms in total. The molecule has 6 rings (SSSR count). The van der Waals surface area contributed by atoms with Crippen molar-refractivity contribution in [3.8, 4) is 28.4 Å². The fourth-order valence-electron chi connectivity index (χ4n) is 4.32. The van der Waals surface area contributed by atoms with Crippen LogP contribution in [0.15, 0.2) is 103 Å². The molecule has 0 unspecified atom stereocenters. The van der Waals surface area contributed by atoms with E-state index in [-0.39, 0.29) is 29.4 Å². The Bertz CT molecular complexity index is 1700. The van der Waals surface area contributed by atoms with E-state index in [0.29, 0.717) is 21.5 Å². The first-order valence-corrected chi connectivity index (χ1v) is 12.9. The summed E-state index contributed by atoms with van der Waals surface area (Å²) in [6, 6.07) is 25.1. The lowest BCUT2D eigenvalue weighted by molar-refractivity contribution is 0.190. The summed E-state index contributed by atoms with van der Waals surface area (Å²) in [7, 11) is 0. The van der Waals surface area contributed by atoms with Crippen molar-refractivity contribution in [1.82, 2.24) is 14.9 Å². The first-order valence-electron chi connectivity index (χ1n) is 12.9. The summed E-state index contributed by atoms with van der Waals surface area (Å²) in [5.74, 6) is -0.434. The van der Waals surface area contributed by atoms with Crippen molar-refractivity contribution in [3.63, 3.8) is 0 Å². The zero-order valence-electron chi connectivity index (χ0n) is 21.6. The van der Waals surface area contributed by atoms with E-state index in [9.17, 15) is 19.5 Å². The Balaban J connectivity index is 1.35. The summed E-state index contributed by atoms with van der Waals surface area (Å²) in [6.07, 6.45) is 2.77. The number of hydrogen-bond donors (Lipinski definition) is 2. The van der Waals surface area contributed by atoms with Gasteiger partial charge >= 0.3 is 18.2 Å². The Morgan fingerprint density at radius 1 is 0.854 bits per heavy atom. The van der Waals surface area contributed by atoms with Crippen LogP contribution in [-0.2, 0) is 0 Å². The van der Waals surface area contributed by atoms with Crippen molar-refractivity contribution >= 4 is 34.9 Å². The number of hydrogen-bond acceptors (Lipinski definition) is 7. The largest absolute Gasteiger partial charge is 0.504 e. The molecule has 41 heavy (non-hydrogen) atoms. The molecule has 204 valence electrons. The van der Waals surface area contributed by atoms with Crippen molar-refractivity contribution in [2.75, 3.05) is 4.90 Å². The monoisotopic (exact) mass is 548 g/mol. The van der Waals surface area contributed by atoms with Crippen LogP contribution in [0.1, 0.15) is 12.8 Å². The Morgan fingerprint density at radius 3 is 2.10 bits per heavy atom. The number of carbonyl (C=O) groups excluding carboxylic acids is 3. The van der Waals surface area contributed by atoms with Gasteiger partial charge in [0.25, 0.3) is 0 Å². The molecule has 0 spiro atoms. The van der Waals surface area contributed by atoms with Crippen LogP contribution in [-0.4, -0.2) is 38.9 Å². The molecule has 3 aromatic carbocycles. The average Bonchev–Trinajstić information content (AvgIpc) is 3.69. The molecular weight excluding hydrogens is 524 g/mol. The predicted octanol–water partition coefficient (Wildman–Crippen LogP) is 6.33. The fraction of sp³-hybridized carbons (Fsp3) is 0.0968. The highest BCUT2D eigenvalue weighted by atomic mass is 16.6. The van der Waals surface area contributed by atoms with E-state index in [1.165, 1.54) is 10.8 Å². The van der Waals surface area contributed by atoms with E-state index in [1.807, 2.05) is 0 Å². The number of fused-ring (bicyclic) bond motifs is 1. The topological polar surface area (TPSA) is 123 Å². The Morgan fingerprint density at radius 2 is 1.49 bits per heavy atom. The normalized spacial score (nSPS) is 12.5. The molecule has 10 heteroatoms. The molecule has 2 heterocycles. The number of nitrogens with one attached hydrogen (secondary N) is 1. The third kappa shape index (κ3) is 5.44. The minimum absolute atomic E-state index is 0.186. The number of rotatable bonds is 5. The number of amides is 3. The van der Waals surface area contributed by atoms with E-state index in [0.717, 1.165) is 18.2 Å². The van der Waals surface area contributed by atoms with Crippen LogP contribution in [0.2, 0.25) is 0 Å². The van der Waals surface area contributed by atoms with Crippen LogP contribution in [0.25, 0.3) is 22.0 Å². The smallest absolute Gasteiger partial charge is 0.430 e. The van der Waals surface area contributed by atoms with Crippen molar-refractivity contribution in [2.45, 2.75) is 18.9 Å². The lowest BCUT2D eigenvalue weighted by Gasteiger charge is -2.20. The van der Waals surface area contributed by atoms with Gasteiger partial charge in [0.1, 0.15) is 11.5 Å². The third-order valence-electron chi connectivity index (χ3n) is 6.50. The van der Waals surface area contributed by atoms with Gasteiger partial charge in [0.15, 0.2) is 11.6 Å². The summed E-state index contributed by atoms with van der Waals surface area (Å²) in [5.41, 5.74) is 1.57. The van der Waals surface area contributed by atoms with Gasteiger partial charge in [-0.15, -0.1) is 0 Å². The fourth-order valence-corrected chi connectivity index (χ4v) is 4.32. The Kier molecular flexibility index (Phi) is 6.78. The third-order valence-corrected chi connectivity index (χ3v) is 6.50. The van der Waals surface area contributed by atoms with Crippen LogP contribution < -0.4 is 19.7 Å². The van der Waals surface area contributed by atoms with Crippen LogP contribution in [0.4, 0.5) is 20.2 Å². The molecule has 0 aliphatic heterocycles. The number of carbonyl (C=O) groups is 3. The maximum atomic E-state index is 13.3. The molecule has 3 amide bonds. The summed E-state index contributed by atoms with van der Waals surface area (Å²) >= 11 is 0. The number of pyridine rings is 1. The Labute approximate surface area is 234 Å².